The molecule has 0 amide bonds. The van der Waals surface area contributed by atoms with E-state index in [1.807, 2.05) is 6.07 Å². The second kappa shape index (κ2) is 3.55. The van der Waals surface area contributed by atoms with Gasteiger partial charge in [0.15, 0.2) is 0 Å². The van der Waals surface area contributed by atoms with Crippen LogP contribution in [-0.2, 0) is 6.42 Å². The second-order valence-electron chi connectivity index (χ2n) is 2.54. The first-order chi connectivity index (χ1) is 5.65. The summed E-state index contributed by atoms with van der Waals surface area (Å²) in [5, 5.41) is 8.47. The molecule has 1 nitrogen and oxygen atoms in total. The van der Waals surface area contributed by atoms with Gasteiger partial charge in [-0.1, -0.05) is 17.7 Å². The Labute approximate surface area is 75.4 Å². The Hall–Kier alpha value is -1.07. The van der Waals surface area contributed by atoms with Gasteiger partial charge in [0.2, 0.25) is 0 Å². The molecule has 0 N–H and O–H groups in total. The highest BCUT2D eigenvalue weighted by Gasteiger charge is 2.04. The lowest BCUT2D eigenvalue weighted by Gasteiger charge is -2.01. The Morgan fingerprint density at radius 3 is 2.75 bits per heavy atom. The predicted octanol–water partition coefficient (Wildman–Crippen LogP) is 2.85. The normalized spacial score (nSPS) is 9.50. The van der Waals surface area contributed by atoms with Crippen molar-refractivity contribution in [3.05, 3.63) is 34.1 Å². The molecule has 0 aliphatic heterocycles. The fourth-order valence-electron chi connectivity index (χ4n) is 0.991. The molecular weight excluding hydrogens is 177 g/mol. The van der Waals surface area contributed by atoms with E-state index in [0.717, 1.165) is 5.56 Å². The van der Waals surface area contributed by atoms with Crippen LogP contribution in [-0.4, -0.2) is 0 Å². The van der Waals surface area contributed by atoms with Crippen molar-refractivity contribution in [1.82, 2.24) is 0 Å². The molecule has 1 rings (SSSR count). The zero-order valence-electron chi connectivity index (χ0n) is 6.56. The van der Waals surface area contributed by atoms with Crippen molar-refractivity contribution in [2.75, 3.05) is 0 Å². The standard InChI is InChI=1S/C9H7ClFN/c1-6-4-7(2-3-12)5-8(10)9(6)11/h4-5H,2H2,1H3. The Morgan fingerprint density at radius 2 is 2.25 bits per heavy atom. The summed E-state index contributed by atoms with van der Waals surface area (Å²) in [6.07, 6.45) is 0.265. The molecule has 12 heavy (non-hydrogen) atoms. The first-order valence-electron chi connectivity index (χ1n) is 3.46. The van der Waals surface area contributed by atoms with Gasteiger partial charge in [0.25, 0.3) is 0 Å². The third kappa shape index (κ3) is 1.75. The highest BCUT2D eigenvalue weighted by Crippen LogP contribution is 2.20. The SMILES string of the molecule is Cc1cc(CC#N)cc(Cl)c1F. The minimum Gasteiger partial charge on any atom is -0.205 e. The smallest absolute Gasteiger partial charge is 0.144 e. The van der Waals surface area contributed by atoms with E-state index in [-0.39, 0.29) is 11.4 Å². The van der Waals surface area contributed by atoms with Gasteiger partial charge in [-0.2, -0.15) is 5.26 Å². The molecule has 0 aromatic heterocycles. The molecule has 3 heteroatoms. The zero-order valence-corrected chi connectivity index (χ0v) is 7.32. The third-order valence-corrected chi connectivity index (χ3v) is 1.83. The van der Waals surface area contributed by atoms with Crippen LogP contribution < -0.4 is 0 Å². The summed E-state index contributed by atoms with van der Waals surface area (Å²) in [6.45, 7) is 1.63. The lowest BCUT2D eigenvalue weighted by atomic mass is 10.1. The van der Waals surface area contributed by atoms with Gasteiger partial charge in [-0.15, -0.1) is 0 Å². The van der Waals surface area contributed by atoms with Crippen LogP contribution in [0.4, 0.5) is 4.39 Å². The summed E-state index contributed by atoms with van der Waals surface area (Å²) in [4.78, 5) is 0. The molecule has 0 spiro atoms. The van der Waals surface area contributed by atoms with Crippen LogP contribution in [0.3, 0.4) is 0 Å². The fourth-order valence-corrected chi connectivity index (χ4v) is 1.28. The number of hydrogen-bond donors (Lipinski definition) is 0. The van der Waals surface area contributed by atoms with Crippen LogP contribution in [0, 0.1) is 24.1 Å². The number of hydrogen-bond acceptors (Lipinski definition) is 1. The third-order valence-electron chi connectivity index (χ3n) is 1.55. The molecule has 0 aliphatic carbocycles. The van der Waals surface area contributed by atoms with Crippen LogP contribution in [0.1, 0.15) is 11.1 Å². The van der Waals surface area contributed by atoms with Crippen LogP contribution in [0.25, 0.3) is 0 Å². The van der Waals surface area contributed by atoms with Gasteiger partial charge in [0, 0.05) is 0 Å². The van der Waals surface area contributed by atoms with Crippen molar-refractivity contribution >= 4 is 11.6 Å². The summed E-state index contributed by atoms with van der Waals surface area (Å²) in [5.74, 6) is -0.404. The average molecular weight is 184 g/mol. The molecule has 0 bridgehead atoms. The van der Waals surface area contributed by atoms with E-state index in [4.69, 9.17) is 16.9 Å². The van der Waals surface area contributed by atoms with Crippen molar-refractivity contribution in [1.29, 1.82) is 5.26 Å². The van der Waals surface area contributed by atoms with E-state index >= 15 is 0 Å². The number of nitriles is 1. The maximum atomic E-state index is 12.9. The van der Waals surface area contributed by atoms with E-state index in [2.05, 4.69) is 0 Å². The van der Waals surface area contributed by atoms with E-state index < -0.39 is 5.82 Å². The summed E-state index contributed by atoms with van der Waals surface area (Å²) < 4.78 is 12.9. The lowest BCUT2D eigenvalue weighted by molar-refractivity contribution is 0.618. The molecule has 0 saturated carbocycles. The summed E-state index contributed by atoms with van der Waals surface area (Å²) in [7, 11) is 0. The largest absolute Gasteiger partial charge is 0.205 e. The van der Waals surface area contributed by atoms with Crippen molar-refractivity contribution in [2.24, 2.45) is 0 Å². The first-order valence-corrected chi connectivity index (χ1v) is 3.84. The average Bonchev–Trinajstić information content (AvgIpc) is 2.01. The number of benzene rings is 1. The zero-order chi connectivity index (χ0) is 9.14. The van der Waals surface area contributed by atoms with Gasteiger partial charge in [0.1, 0.15) is 5.82 Å². The molecule has 0 atom stereocenters. The van der Waals surface area contributed by atoms with Gasteiger partial charge < -0.3 is 0 Å². The Bertz CT molecular complexity index is 318. The van der Waals surface area contributed by atoms with Gasteiger partial charge >= 0.3 is 0 Å². The van der Waals surface area contributed by atoms with Crippen molar-refractivity contribution in [3.8, 4) is 6.07 Å². The Kier molecular flexibility index (Phi) is 2.67. The molecule has 0 unspecified atom stereocenters. The molecule has 0 saturated heterocycles. The molecule has 1 aromatic carbocycles. The highest BCUT2D eigenvalue weighted by molar-refractivity contribution is 6.30. The van der Waals surface area contributed by atoms with E-state index in [0.29, 0.717) is 5.56 Å². The monoisotopic (exact) mass is 183 g/mol. The van der Waals surface area contributed by atoms with Crippen molar-refractivity contribution in [2.45, 2.75) is 13.3 Å². The highest BCUT2D eigenvalue weighted by atomic mass is 35.5. The van der Waals surface area contributed by atoms with Crippen LogP contribution in [0.2, 0.25) is 5.02 Å². The maximum absolute atomic E-state index is 12.9. The molecule has 0 fully saturated rings. The van der Waals surface area contributed by atoms with Gasteiger partial charge in [0.05, 0.1) is 17.5 Å². The molecule has 0 aliphatic rings. The molecular formula is C9H7ClFN. The molecule has 1 aromatic rings. The Balaban J connectivity index is 3.14. The summed E-state index contributed by atoms with van der Waals surface area (Å²) in [6, 6.07) is 5.09. The van der Waals surface area contributed by atoms with Crippen molar-refractivity contribution < 1.29 is 4.39 Å². The number of aryl methyl sites for hydroxylation is 1. The van der Waals surface area contributed by atoms with Gasteiger partial charge in [-0.25, -0.2) is 4.39 Å². The summed E-state index contributed by atoms with van der Waals surface area (Å²) >= 11 is 5.57. The Morgan fingerprint density at radius 1 is 1.58 bits per heavy atom. The second-order valence-corrected chi connectivity index (χ2v) is 2.95. The van der Waals surface area contributed by atoms with E-state index in [1.54, 1.807) is 13.0 Å². The van der Waals surface area contributed by atoms with Crippen molar-refractivity contribution in [3.63, 3.8) is 0 Å². The number of halogens is 2. The fraction of sp³-hybridized carbons (Fsp3) is 0.222. The summed E-state index contributed by atoms with van der Waals surface area (Å²) in [5.41, 5.74) is 1.23. The van der Waals surface area contributed by atoms with Crippen LogP contribution >= 0.6 is 11.6 Å². The minimum atomic E-state index is -0.404. The quantitative estimate of drug-likeness (QED) is 0.657. The first kappa shape index (κ1) is 9.02. The predicted molar refractivity (Wildman–Crippen MR) is 45.5 cm³/mol. The van der Waals surface area contributed by atoms with Crippen LogP contribution in [0.15, 0.2) is 12.1 Å². The van der Waals surface area contributed by atoms with E-state index in [1.165, 1.54) is 6.07 Å². The van der Waals surface area contributed by atoms with E-state index in [9.17, 15) is 4.39 Å². The molecule has 62 valence electrons. The lowest BCUT2D eigenvalue weighted by Crippen LogP contribution is -1.88. The van der Waals surface area contributed by atoms with Gasteiger partial charge in [-0.05, 0) is 24.1 Å². The van der Waals surface area contributed by atoms with Gasteiger partial charge in [-0.3, -0.25) is 0 Å². The minimum absolute atomic E-state index is 0.0836. The van der Waals surface area contributed by atoms with Crippen LogP contribution in [0.5, 0.6) is 0 Å². The maximum Gasteiger partial charge on any atom is 0.144 e. The number of rotatable bonds is 1. The number of nitrogens with zero attached hydrogens (tertiary/aromatic N) is 1. The molecule has 0 heterocycles. The topological polar surface area (TPSA) is 23.8 Å². The molecule has 0 radical (unpaired) electrons.